The number of hydrogen-bond donors (Lipinski definition) is 1. The van der Waals surface area contributed by atoms with Crippen molar-refractivity contribution in [1.82, 2.24) is 0 Å². The van der Waals surface area contributed by atoms with E-state index in [4.69, 9.17) is 4.55 Å². The van der Waals surface area contributed by atoms with E-state index in [0.717, 1.165) is 0 Å². The van der Waals surface area contributed by atoms with Crippen LogP contribution in [0.25, 0.3) is 0 Å². The fourth-order valence-electron chi connectivity index (χ4n) is 0.197. The maximum atomic E-state index is 9.79. The van der Waals surface area contributed by atoms with Crippen molar-refractivity contribution in [1.29, 1.82) is 0 Å². The minimum Gasteiger partial charge on any atom is -1.00 e. The summed E-state index contributed by atoms with van der Waals surface area (Å²) in [6, 6.07) is 0. The zero-order valence-electron chi connectivity index (χ0n) is 6.07. The molecule has 0 saturated carbocycles. The van der Waals surface area contributed by atoms with Crippen molar-refractivity contribution >= 4 is 16.4 Å². The smallest absolute Gasteiger partial charge is 1.00 e. The Morgan fingerprint density at radius 2 is 2.00 bits per heavy atom. The summed E-state index contributed by atoms with van der Waals surface area (Å²) < 4.78 is 27.5. The van der Waals surface area contributed by atoms with Crippen LogP contribution in [0.2, 0.25) is 0 Å². The molecule has 0 atom stereocenters. The first-order valence-corrected chi connectivity index (χ1v) is 3.56. The molecule has 0 aliphatic carbocycles. The van der Waals surface area contributed by atoms with Crippen LogP contribution in [0.5, 0.6) is 0 Å². The van der Waals surface area contributed by atoms with Crippen LogP contribution in [-0.2, 0) is 14.9 Å². The Kier molecular flexibility index (Phi) is 7.33. The fraction of sp³-hybridized carbons (Fsp3) is 0.667. The van der Waals surface area contributed by atoms with E-state index in [0.29, 0.717) is 6.29 Å². The minimum atomic E-state index is -3.92. The molecule has 0 aromatic rings. The number of carbonyl (C=O) groups is 1. The van der Waals surface area contributed by atoms with Crippen molar-refractivity contribution < 1.29 is 48.7 Å². The van der Waals surface area contributed by atoms with Crippen molar-refractivity contribution in [2.45, 2.75) is 6.42 Å². The Morgan fingerprint density at radius 3 is 2.11 bits per heavy atom. The molecule has 0 bridgehead atoms. The van der Waals surface area contributed by atoms with Crippen LogP contribution in [0.1, 0.15) is 7.85 Å². The van der Waals surface area contributed by atoms with Crippen molar-refractivity contribution in [3.8, 4) is 0 Å². The molecule has 0 rings (SSSR count). The zero-order chi connectivity index (χ0) is 6.62. The zero-order valence-corrected chi connectivity index (χ0v) is 7.89. The molecule has 0 unspecified atom stereocenters. The van der Waals surface area contributed by atoms with Crippen LogP contribution in [0.4, 0.5) is 0 Å². The monoisotopic (exact) mass is 162 g/mol. The standard InChI is InChI=1S/C3H6O4S.Na.H/c4-2-1-3-8(5,6)7;;/h2H,1,3H2,(H,5,6,7);;/q;+1;-1. The van der Waals surface area contributed by atoms with Gasteiger partial charge in [0.15, 0.2) is 0 Å². The molecule has 4 nitrogen and oxygen atoms in total. The van der Waals surface area contributed by atoms with E-state index in [1.165, 1.54) is 0 Å². The predicted molar refractivity (Wildman–Crippen MR) is 28.2 cm³/mol. The second kappa shape index (κ2) is 5.37. The molecule has 0 saturated heterocycles. The Bertz CT molecular complexity index is 165. The van der Waals surface area contributed by atoms with Gasteiger partial charge in [0.2, 0.25) is 0 Å². The summed E-state index contributed by atoms with van der Waals surface area (Å²) in [5, 5.41) is 0. The van der Waals surface area contributed by atoms with Gasteiger partial charge in [0, 0.05) is 6.42 Å². The molecule has 50 valence electrons. The van der Waals surface area contributed by atoms with Crippen molar-refractivity contribution in [2.24, 2.45) is 0 Å². The van der Waals surface area contributed by atoms with Crippen molar-refractivity contribution in [2.75, 3.05) is 5.75 Å². The van der Waals surface area contributed by atoms with E-state index in [1.807, 2.05) is 0 Å². The molecule has 0 spiro atoms. The third-order valence-electron chi connectivity index (χ3n) is 0.494. The van der Waals surface area contributed by atoms with E-state index in [-0.39, 0.29) is 37.4 Å². The van der Waals surface area contributed by atoms with Crippen molar-refractivity contribution in [3.63, 3.8) is 0 Å². The van der Waals surface area contributed by atoms with Gasteiger partial charge in [-0.3, -0.25) is 4.55 Å². The fourth-order valence-corrected chi connectivity index (χ4v) is 0.591. The van der Waals surface area contributed by atoms with Crippen molar-refractivity contribution in [3.05, 3.63) is 0 Å². The van der Waals surface area contributed by atoms with Gasteiger partial charge in [0.25, 0.3) is 10.1 Å². The van der Waals surface area contributed by atoms with Gasteiger partial charge >= 0.3 is 29.6 Å². The molecular formula is C3H7NaO4S. The Balaban J connectivity index is -0.000000245. The maximum absolute atomic E-state index is 9.79. The first-order chi connectivity index (χ1) is 3.56. The number of rotatable bonds is 3. The Morgan fingerprint density at radius 1 is 1.56 bits per heavy atom. The molecule has 0 heterocycles. The van der Waals surface area contributed by atoms with Gasteiger partial charge in [-0.2, -0.15) is 8.42 Å². The summed E-state index contributed by atoms with van der Waals surface area (Å²) in [7, 11) is -3.92. The van der Waals surface area contributed by atoms with Crippen LogP contribution < -0.4 is 29.6 Å². The van der Waals surface area contributed by atoms with Crippen LogP contribution in [0.3, 0.4) is 0 Å². The molecule has 0 aromatic carbocycles. The first-order valence-electron chi connectivity index (χ1n) is 1.95. The summed E-state index contributed by atoms with van der Waals surface area (Å²) >= 11 is 0. The molecular weight excluding hydrogens is 155 g/mol. The SMILES string of the molecule is O=CCCS(=O)(=O)O.[H-].[Na+]. The second-order valence-electron chi connectivity index (χ2n) is 1.24. The average molecular weight is 162 g/mol. The normalized spacial score (nSPS) is 9.89. The van der Waals surface area contributed by atoms with Gasteiger partial charge in [-0.25, -0.2) is 0 Å². The van der Waals surface area contributed by atoms with Crippen LogP contribution in [0.15, 0.2) is 0 Å². The average Bonchev–Trinajstić information content (AvgIpc) is 1.59. The third-order valence-corrected chi connectivity index (χ3v) is 1.25. The maximum Gasteiger partial charge on any atom is 1.00 e. The summed E-state index contributed by atoms with van der Waals surface area (Å²) in [5.41, 5.74) is 0. The minimum absolute atomic E-state index is 0. The van der Waals surface area contributed by atoms with Crippen LogP contribution in [-0.4, -0.2) is 25.0 Å². The van der Waals surface area contributed by atoms with E-state index < -0.39 is 15.9 Å². The molecule has 0 radical (unpaired) electrons. The van der Waals surface area contributed by atoms with Gasteiger partial charge in [0.1, 0.15) is 6.29 Å². The van der Waals surface area contributed by atoms with Crippen LogP contribution in [0, 0.1) is 0 Å². The summed E-state index contributed by atoms with van der Waals surface area (Å²) in [5.74, 6) is -0.476. The third kappa shape index (κ3) is 11.9. The summed E-state index contributed by atoms with van der Waals surface area (Å²) in [6.07, 6.45) is 0.298. The molecule has 9 heavy (non-hydrogen) atoms. The molecule has 6 heteroatoms. The molecule has 0 aliphatic rings. The van der Waals surface area contributed by atoms with E-state index in [9.17, 15) is 13.2 Å². The first kappa shape index (κ1) is 12.3. The molecule has 0 aliphatic heterocycles. The number of hydrogen-bond acceptors (Lipinski definition) is 3. The van der Waals surface area contributed by atoms with Crippen LogP contribution >= 0.6 is 0 Å². The molecule has 0 fully saturated rings. The quantitative estimate of drug-likeness (QED) is 0.266. The Hall–Kier alpha value is 0.580. The second-order valence-corrected chi connectivity index (χ2v) is 2.81. The van der Waals surface area contributed by atoms with Gasteiger partial charge < -0.3 is 6.22 Å². The predicted octanol–water partition coefficient (Wildman–Crippen LogP) is -3.42. The van der Waals surface area contributed by atoms with Gasteiger partial charge in [-0.05, 0) is 0 Å². The van der Waals surface area contributed by atoms with Gasteiger partial charge in [-0.15, -0.1) is 0 Å². The molecule has 1 N–H and O–H groups in total. The topological polar surface area (TPSA) is 71.4 Å². The van der Waals surface area contributed by atoms with E-state index in [1.54, 1.807) is 0 Å². The number of aldehydes is 1. The Labute approximate surface area is 77.2 Å². The van der Waals surface area contributed by atoms with Gasteiger partial charge in [-0.1, -0.05) is 0 Å². The molecule has 0 amide bonds. The van der Waals surface area contributed by atoms with E-state index in [2.05, 4.69) is 0 Å². The number of carbonyl (C=O) groups excluding carboxylic acids is 1. The summed E-state index contributed by atoms with van der Waals surface area (Å²) in [6.45, 7) is 0. The summed E-state index contributed by atoms with van der Waals surface area (Å²) in [4.78, 5) is 9.48. The largest absolute Gasteiger partial charge is 1.00 e. The van der Waals surface area contributed by atoms with E-state index >= 15 is 0 Å². The molecule has 0 aromatic heterocycles. The van der Waals surface area contributed by atoms with Gasteiger partial charge in [0.05, 0.1) is 5.75 Å².